The smallest absolute Gasteiger partial charge is 0.183 e. The lowest BCUT2D eigenvalue weighted by molar-refractivity contribution is 0.396. The standard InChI is InChI=1S/C12H17N5O2/c1-13-7-10(12-14-16-17-15-12)9-6-8(18-2)4-5-11(9)19-3/h4-6,10,13H,7H2,1-3H3,(H,14,15,16,17). The number of hydrogen-bond donors (Lipinski definition) is 2. The molecule has 1 unspecified atom stereocenters. The molecule has 0 aliphatic carbocycles. The lowest BCUT2D eigenvalue weighted by atomic mass is 9.97. The van der Waals surface area contributed by atoms with Gasteiger partial charge in [0.1, 0.15) is 11.5 Å². The van der Waals surface area contributed by atoms with E-state index in [-0.39, 0.29) is 5.92 Å². The molecule has 19 heavy (non-hydrogen) atoms. The summed E-state index contributed by atoms with van der Waals surface area (Å²) in [7, 11) is 5.14. The number of H-pyrrole nitrogens is 1. The van der Waals surface area contributed by atoms with Crippen molar-refractivity contribution in [3.63, 3.8) is 0 Å². The molecule has 1 aromatic carbocycles. The topological polar surface area (TPSA) is 85.0 Å². The number of benzene rings is 1. The first-order valence-corrected chi connectivity index (χ1v) is 5.90. The third kappa shape index (κ3) is 2.82. The zero-order valence-corrected chi connectivity index (χ0v) is 11.2. The van der Waals surface area contributed by atoms with Crippen LogP contribution >= 0.6 is 0 Å². The predicted molar refractivity (Wildman–Crippen MR) is 69.5 cm³/mol. The SMILES string of the molecule is CNCC(c1nn[nH]n1)c1cc(OC)ccc1OC. The van der Waals surface area contributed by atoms with Crippen LogP contribution in [0.4, 0.5) is 0 Å². The van der Waals surface area contributed by atoms with Crippen LogP contribution in [-0.2, 0) is 0 Å². The van der Waals surface area contributed by atoms with E-state index in [1.165, 1.54) is 0 Å². The maximum absolute atomic E-state index is 5.40. The number of methoxy groups -OCH3 is 2. The summed E-state index contributed by atoms with van der Waals surface area (Å²) in [4.78, 5) is 0. The minimum absolute atomic E-state index is 0.0613. The lowest BCUT2D eigenvalue weighted by Gasteiger charge is -2.17. The summed E-state index contributed by atoms with van der Waals surface area (Å²) < 4.78 is 10.7. The fraction of sp³-hybridized carbons (Fsp3) is 0.417. The Kier molecular flexibility index (Phi) is 4.30. The molecule has 0 fully saturated rings. The molecule has 2 aromatic rings. The van der Waals surface area contributed by atoms with E-state index in [0.29, 0.717) is 12.4 Å². The van der Waals surface area contributed by atoms with Gasteiger partial charge in [-0.2, -0.15) is 5.21 Å². The number of aromatic nitrogens is 4. The number of hydrogen-bond acceptors (Lipinski definition) is 6. The van der Waals surface area contributed by atoms with Gasteiger partial charge in [-0.05, 0) is 25.2 Å². The van der Waals surface area contributed by atoms with Crippen LogP contribution in [-0.4, -0.2) is 48.4 Å². The molecule has 7 heteroatoms. The molecule has 1 heterocycles. The summed E-state index contributed by atoms with van der Waals surface area (Å²) in [6.07, 6.45) is 0. The first kappa shape index (κ1) is 13.3. The van der Waals surface area contributed by atoms with Gasteiger partial charge in [-0.3, -0.25) is 0 Å². The Labute approximate surface area is 111 Å². The van der Waals surface area contributed by atoms with Crippen molar-refractivity contribution in [1.82, 2.24) is 25.9 Å². The predicted octanol–water partition coefficient (Wildman–Crippen LogP) is 0.568. The number of ether oxygens (including phenoxy) is 2. The van der Waals surface area contributed by atoms with Crippen molar-refractivity contribution in [3.05, 3.63) is 29.6 Å². The zero-order valence-electron chi connectivity index (χ0n) is 11.2. The second kappa shape index (κ2) is 6.14. The highest BCUT2D eigenvalue weighted by atomic mass is 16.5. The summed E-state index contributed by atoms with van der Waals surface area (Å²) in [5.41, 5.74) is 0.956. The molecule has 0 radical (unpaired) electrons. The molecule has 0 bridgehead atoms. The molecule has 0 aliphatic heterocycles. The largest absolute Gasteiger partial charge is 0.497 e. The highest BCUT2D eigenvalue weighted by molar-refractivity contribution is 5.44. The van der Waals surface area contributed by atoms with Gasteiger partial charge in [0.05, 0.1) is 20.1 Å². The molecular weight excluding hydrogens is 246 g/mol. The number of aromatic amines is 1. The highest BCUT2D eigenvalue weighted by Gasteiger charge is 2.22. The quantitative estimate of drug-likeness (QED) is 0.792. The Hall–Kier alpha value is -2.15. The molecule has 0 saturated heterocycles. The van der Waals surface area contributed by atoms with Gasteiger partial charge in [0.15, 0.2) is 5.82 Å². The number of likely N-dealkylation sites (N-methyl/N-ethyl adjacent to an activating group) is 1. The maximum Gasteiger partial charge on any atom is 0.183 e. The third-order valence-corrected chi connectivity index (χ3v) is 2.89. The molecule has 2 rings (SSSR count). The molecule has 102 valence electrons. The normalized spacial score (nSPS) is 12.2. The van der Waals surface area contributed by atoms with E-state index in [9.17, 15) is 0 Å². The number of nitrogens with zero attached hydrogens (tertiary/aromatic N) is 3. The van der Waals surface area contributed by atoms with Crippen LogP contribution in [0, 0.1) is 0 Å². The summed E-state index contributed by atoms with van der Waals surface area (Å²) in [6, 6.07) is 5.66. The fourth-order valence-corrected chi connectivity index (χ4v) is 1.97. The summed E-state index contributed by atoms with van der Waals surface area (Å²) in [6.45, 7) is 0.670. The van der Waals surface area contributed by atoms with E-state index in [1.807, 2.05) is 25.2 Å². The molecule has 0 saturated carbocycles. The van der Waals surface area contributed by atoms with Crippen molar-refractivity contribution in [2.75, 3.05) is 27.8 Å². The second-order valence-electron chi connectivity index (χ2n) is 3.99. The van der Waals surface area contributed by atoms with Crippen molar-refractivity contribution in [1.29, 1.82) is 0 Å². The fourth-order valence-electron chi connectivity index (χ4n) is 1.97. The maximum atomic E-state index is 5.40. The van der Waals surface area contributed by atoms with Crippen LogP contribution in [0.25, 0.3) is 0 Å². The zero-order chi connectivity index (χ0) is 13.7. The number of nitrogens with one attached hydrogen (secondary N) is 2. The summed E-state index contributed by atoms with van der Waals surface area (Å²) in [5, 5.41) is 17.3. The summed E-state index contributed by atoms with van der Waals surface area (Å²) in [5.74, 6) is 2.08. The van der Waals surface area contributed by atoms with Crippen molar-refractivity contribution in [3.8, 4) is 11.5 Å². The minimum Gasteiger partial charge on any atom is -0.497 e. The minimum atomic E-state index is -0.0613. The first-order chi connectivity index (χ1) is 9.30. The highest BCUT2D eigenvalue weighted by Crippen LogP contribution is 2.32. The molecule has 0 amide bonds. The van der Waals surface area contributed by atoms with Crippen LogP contribution < -0.4 is 14.8 Å². The van der Waals surface area contributed by atoms with Crippen molar-refractivity contribution >= 4 is 0 Å². The monoisotopic (exact) mass is 263 g/mol. The van der Waals surface area contributed by atoms with Gasteiger partial charge in [-0.15, -0.1) is 10.2 Å². The van der Waals surface area contributed by atoms with E-state index >= 15 is 0 Å². The van der Waals surface area contributed by atoms with E-state index in [4.69, 9.17) is 9.47 Å². The van der Waals surface area contributed by atoms with Crippen molar-refractivity contribution < 1.29 is 9.47 Å². The molecule has 1 aromatic heterocycles. The molecular formula is C12H17N5O2. The van der Waals surface area contributed by atoms with Crippen LogP contribution in [0.15, 0.2) is 18.2 Å². The Balaban J connectivity index is 2.45. The van der Waals surface area contributed by atoms with Gasteiger partial charge in [0.2, 0.25) is 0 Å². The number of tetrazole rings is 1. The van der Waals surface area contributed by atoms with Gasteiger partial charge < -0.3 is 14.8 Å². The molecule has 7 nitrogen and oxygen atoms in total. The van der Waals surface area contributed by atoms with Crippen molar-refractivity contribution in [2.24, 2.45) is 0 Å². The Morgan fingerprint density at radius 2 is 2.16 bits per heavy atom. The van der Waals surface area contributed by atoms with Crippen molar-refractivity contribution in [2.45, 2.75) is 5.92 Å². The molecule has 0 aliphatic rings. The summed E-state index contributed by atoms with van der Waals surface area (Å²) >= 11 is 0. The Morgan fingerprint density at radius 1 is 1.32 bits per heavy atom. The Bertz CT molecular complexity index is 515. The van der Waals surface area contributed by atoms with Gasteiger partial charge in [0, 0.05) is 12.1 Å². The second-order valence-corrected chi connectivity index (χ2v) is 3.99. The first-order valence-electron chi connectivity index (χ1n) is 5.90. The third-order valence-electron chi connectivity index (χ3n) is 2.89. The van der Waals surface area contributed by atoms with Gasteiger partial charge in [-0.25, -0.2) is 0 Å². The van der Waals surface area contributed by atoms with Gasteiger partial charge >= 0.3 is 0 Å². The van der Waals surface area contributed by atoms with E-state index in [1.54, 1.807) is 14.2 Å². The van der Waals surface area contributed by atoms with Gasteiger partial charge in [0.25, 0.3) is 0 Å². The van der Waals surface area contributed by atoms with Crippen LogP contribution in [0.2, 0.25) is 0 Å². The van der Waals surface area contributed by atoms with E-state index < -0.39 is 0 Å². The average Bonchev–Trinajstić information content (AvgIpc) is 2.98. The van der Waals surface area contributed by atoms with Crippen LogP contribution in [0.5, 0.6) is 11.5 Å². The molecule has 2 N–H and O–H groups in total. The lowest BCUT2D eigenvalue weighted by Crippen LogP contribution is -2.20. The van der Waals surface area contributed by atoms with Crippen LogP contribution in [0.3, 0.4) is 0 Å². The van der Waals surface area contributed by atoms with E-state index in [2.05, 4.69) is 25.9 Å². The van der Waals surface area contributed by atoms with E-state index in [0.717, 1.165) is 17.1 Å². The Morgan fingerprint density at radius 3 is 2.74 bits per heavy atom. The average molecular weight is 263 g/mol. The van der Waals surface area contributed by atoms with Crippen LogP contribution in [0.1, 0.15) is 17.3 Å². The van der Waals surface area contributed by atoms with Gasteiger partial charge in [-0.1, -0.05) is 5.21 Å². The number of rotatable bonds is 6. The molecule has 1 atom stereocenters. The molecule has 0 spiro atoms.